The topological polar surface area (TPSA) is 80.2 Å². The predicted octanol–water partition coefficient (Wildman–Crippen LogP) is 1.34. The zero-order chi connectivity index (χ0) is 16.9. The lowest BCUT2D eigenvalue weighted by Gasteiger charge is -2.32. The molecule has 0 bridgehead atoms. The molecule has 2 aromatic heterocycles. The Morgan fingerprint density at radius 2 is 2.17 bits per heavy atom. The van der Waals surface area contributed by atoms with Gasteiger partial charge in [-0.15, -0.1) is 0 Å². The van der Waals surface area contributed by atoms with Gasteiger partial charge >= 0.3 is 0 Å². The van der Waals surface area contributed by atoms with Crippen molar-refractivity contribution in [2.45, 2.75) is 26.5 Å². The first kappa shape index (κ1) is 16.3. The average Bonchev–Trinajstić information content (AvgIpc) is 2.61. The second kappa shape index (κ2) is 7.35. The van der Waals surface area contributed by atoms with E-state index in [2.05, 4.69) is 32.1 Å². The summed E-state index contributed by atoms with van der Waals surface area (Å²) in [5.74, 6) is 0.693. The minimum Gasteiger partial charge on any atom is -0.375 e. The van der Waals surface area contributed by atoms with Crippen LogP contribution in [0.15, 0.2) is 30.7 Å². The van der Waals surface area contributed by atoms with Crippen LogP contribution in [0.2, 0.25) is 0 Å². The fourth-order valence-corrected chi connectivity index (χ4v) is 2.52. The van der Waals surface area contributed by atoms with Gasteiger partial charge in [0.05, 0.1) is 24.6 Å². The van der Waals surface area contributed by atoms with Crippen molar-refractivity contribution in [1.82, 2.24) is 20.3 Å². The first-order valence-corrected chi connectivity index (χ1v) is 8.00. The molecule has 0 saturated carbocycles. The van der Waals surface area contributed by atoms with Crippen LogP contribution >= 0.6 is 0 Å². The number of pyridine rings is 1. The van der Waals surface area contributed by atoms with E-state index < -0.39 is 0 Å². The highest BCUT2D eigenvalue weighted by atomic mass is 16.5. The van der Waals surface area contributed by atoms with Crippen LogP contribution < -0.4 is 10.2 Å². The monoisotopic (exact) mass is 327 g/mol. The van der Waals surface area contributed by atoms with Crippen LogP contribution in [0.4, 0.5) is 5.82 Å². The Morgan fingerprint density at radius 3 is 2.83 bits per heavy atom. The predicted molar refractivity (Wildman–Crippen MR) is 89.8 cm³/mol. The van der Waals surface area contributed by atoms with Crippen LogP contribution in [0.1, 0.15) is 28.7 Å². The third kappa shape index (κ3) is 4.05. The number of carbonyl (C=O) groups excluding carboxylic acids is 1. The number of morpholine rings is 1. The number of aromatic nitrogens is 3. The lowest BCUT2D eigenvalue weighted by atomic mass is 10.2. The standard InChI is InChI=1S/C17H21N5O2/c1-12-7-19-15(10-18-12)17(23)21-9-14-3-4-16(20-8-14)22-5-6-24-13(2)11-22/h3-4,7-8,10,13H,5-6,9,11H2,1-2H3,(H,21,23). The fraction of sp³-hybridized carbons (Fsp3) is 0.412. The van der Waals surface area contributed by atoms with Gasteiger partial charge in [-0.3, -0.25) is 9.78 Å². The maximum absolute atomic E-state index is 12.0. The highest BCUT2D eigenvalue weighted by Gasteiger charge is 2.17. The molecular formula is C17H21N5O2. The van der Waals surface area contributed by atoms with Crippen molar-refractivity contribution in [3.63, 3.8) is 0 Å². The molecule has 2 aromatic rings. The van der Waals surface area contributed by atoms with Gasteiger partial charge in [-0.1, -0.05) is 6.07 Å². The van der Waals surface area contributed by atoms with Crippen LogP contribution in [-0.2, 0) is 11.3 Å². The molecule has 1 amide bonds. The third-order valence-electron chi connectivity index (χ3n) is 3.84. The Hall–Kier alpha value is -2.54. The molecule has 0 aromatic carbocycles. The molecule has 1 atom stereocenters. The van der Waals surface area contributed by atoms with E-state index in [4.69, 9.17) is 4.74 Å². The minimum atomic E-state index is -0.242. The number of rotatable bonds is 4. The van der Waals surface area contributed by atoms with E-state index in [0.29, 0.717) is 12.2 Å². The van der Waals surface area contributed by atoms with Crippen LogP contribution in [-0.4, -0.2) is 46.7 Å². The average molecular weight is 327 g/mol. The number of anilines is 1. The van der Waals surface area contributed by atoms with Crippen molar-refractivity contribution >= 4 is 11.7 Å². The molecule has 1 fully saturated rings. The summed E-state index contributed by atoms with van der Waals surface area (Å²) in [4.78, 5) is 26.9. The van der Waals surface area contributed by atoms with E-state index in [0.717, 1.165) is 36.8 Å². The number of aryl methyl sites for hydroxylation is 1. The molecule has 24 heavy (non-hydrogen) atoms. The summed E-state index contributed by atoms with van der Waals surface area (Å²) in [6, 6.07) is 3.95. The Labute approximate surface area is 141 Å². The molecule has 7 heteroatoms. The van der Waals surface area contributed by atoms with E-state index in [1.807, 2.05) is 19.1 Å². The summed E-state index contributed by atoms with van der Waals surface area (Å²) < 4.78 is 5.54. The molecule has 0 spiro atoms. The molecule has 1 N–H and O–H groups in total. The molecule has 0 aliphatic carbocycles. The molecule has 0 radical (unpaired) electrons. The van der Waals surface area contributed by atoms with E-state index >= 15 is 0 Å². The molecule has 3 rings (SSSR count). The first-order chi connectivity index (χ1) is 11.6. The highest BCUT2D eigenvalue weighted by Crippen LogP contribution is 2.15. The summed E-state index contributed by atoms with van der Waals surface area (Å²) in [7, 11) is 0. The first-order valence-electron chi connectivity index (χ1n) is 8.00. The third-order valence-corrected chi connectivity index (χ3v) is 3.84. The van der Waals surface area contributed by atoms with Crippen LogP contribution in [0.3, 0.4) is 0 Å². The van der Waals surface area contributed by atoms with Crippen LogP contribution in [0.25, 0.3) is 0 Å². The Kier molecular flexibility index (Phi) is 5.00. The molecule has 126 valence electrons. The second-order valence-electron chi connectivity index (χ2n) is 5.88. The van der Waals surface area contributed by atoms with Crippen molar-refractivity contribution in [2.75, 3.05) is 24.6 Å². The van der Waals surface area contributed by atoms with Crippen molar-refractivity contribution in [2.24, 2.45) is 0 Å². The van der Waals surface area contributed by atoms with Crippen LogP contribution in [0.5, 0.6) is 0 Å². The van der Waals surface area contributed by atoms with Crippen LogP contribution in [0, 0.1) is 6.92 Å². The van der Waals surface area contributed by atoms with Gasteiger partial charge in [0.15, 0.2) is 0 Å². The largest absolute Gasteiger partial charge is 0.375 e. The van der Waals surface area contributed by atoms with Gasteiger partial charge in [0, 0.05) is 32.0 Å². The van der Waals surface area contributed by atoms with E-state index in [-0.39, 0.29) is 12.0 Å². The van der Waals surface area contributed by atoms with Gasteiger partial charge in [0.1, 0.15) is 11.5 Å². The number of nitrogens with one attached hydrogen (secondary N) is 1. The number of hydrogen-bond donors (Lipinski definition) is 1. The number of hydrogen-bond acceptors (Lipinski definition) is 6. The zero-order valence-electron chi connectivity index (χ0n) is 13.9. The van der Waals surface area contributed by atoms with Gasteiger partial charge in [0.2, 0.25) is 0 Å². The summed E-state index contributed by atoms with van der Waals surface area (Å²) >= 11 is 0. The zero-order valence-corrected chi connectivity index (χ0v) is 13.9. The molecule has 1 aliphatic rings. The highest BCUT2D eigenvalue weighted by molar-refractivity contribution is 5.91. The normalized spacial score (nSPS) is 17.6. The van der Waals surface area contributed by atoms with Crippen molar-refractivity contribution in [3.05, 3.63) is 47.7 Å². The van der Waals surface area contributed by atoms with E-state index in [9.17, 15) is 4.79 Å². The van der Waals surface area contributed by atoms with Gasteiger partial charge < -0.3 is 15.0 Å². The molecule has 3 heterocycles. The van der Waals surface area contributed by atoms with Gasteiger partial charge in [-0.2, -0.15) is 0 Å². The maximum Gasteiger partial charge on any atom is 0.271 e. The summed E-state index contributed by atoms with van der Waals surface area (Å²) in [5, 5.41) is 2.83. The minimum absolute atomic E-state index is 0.218. The second-order valence-corrected chi connectivity index (χ2v) is 5.88. The quantitative estimate of drug-likeness (QED) is 0.913. The van der Waals surface area contributed by atoms with Gasteiger partial charge in [-0.05, 0) is 25.5 Å². The van der Waals surface area contributed by atoms with Crippen molar-refractivity contribution < 1.29 is 9.53 Å². The molecule has 1 unspecified atom stereocenters. The van der Waals surface area contributed by atoms with Gasteiger partial charge in [-0.25, -0.2) is 9.97 Å². The molecule has 1 saturated heterocycles. The van der Waals surface area contributed by atoms with E-state index in [1.54, 1.807) is 12.4 Å². The number of ether oxygens (including phenoxy) is 1. The Morgan fingerprint density at radius 1 is 1.29 bits per heavy atom. The SMILES string of the molecule is Cc1cnc(C(=O)NCc2ccc(N3CCOC(C)C3)nc2)cn1. The van der Waals surface area contributed by atoms with Crippen molar-refractivity contribution in [1.29, 1.82) is 0 Å². The summed E-state index contributed by atoms with van der Waals surface area (Å²) in [6.07, 6.45) is 5.06. The maximum atomic E-state index is 12.0. The summed E-state index contributed by atoms with van der Waals surface area (Å²) in [5.41, 5.74) is 2.03. The molecular weight excluding hydrogens is 306 g/mol. The van der Waals surface area contributed by atoms with Gasteiger partial charge in [0.25, 0.3) is 5.91 Å². The summed E-state index contributed by atoms with van der Waals surface area (Å²) in [6.45, 7) is 6.70. The lowest BCUT2D eigenvalue weighted by molar-refractivity contribution is 0.0529. The molecule has 7 nitrogen and oxygen atoms in total. The Balaban J connectivity index is 1.56. The number of amides is 1. The fourth-order valence-electron chi connectivity index (χ4n) is 2.52. The van der Waals surface area contributed by atoms with Crippen molar-refractivity contribution in [3.8, 4) is 0 Å². The number of nitrogens with zero attached hydrogens (tertiary/aromatic N) is 4. The smallest absolute Gasteiger partial charge is 0.271 e. The molecule has 1 aliphatic heterocycles. The Bertz CT molecular complexity index is 687. The number of carbonyl (C=O) groups is 1. The van der Waals surface area contributed by atoms with E-state index in [1.165, 1.54) is 6.20 Å². The lowest BCUT2D eigenvalue weighted by Crippen LogP contribution is -2.41.